The molecule has 0 aliphatic rings. The van der Waals surface area contributed by atoms with Crippen LogP contribution in [0.2, 0.25) is 0 Å². The summed E-state index contributed by atoms with van der Waals surface area (Å²) in [5.74, 6) is 5.83. The molecule has 0 bridgehead atoms. The van der Waals surface area contributed by atoms with E-state index in [0.717, 1.165) is 25.9 Å². The monoisotopic (exact) mass is 277 g/mol. The molecule has 0 aliphatic heterocycles. The van der Waals surface area contributed by atoms with E-state index >= 15 is 0 Å². The summed E-state index contributed by atoms with van der Waals surface area (Å²) in [7, 11) is 0. The maximum absolute atomic E-state index is 5.83. The molecule has 1 aromatic rings. The van der Waals surface area contributed by atoms with Crippen molar-refractivity contribution in [2.75, 3.05) is 13.1 Å². The number of hydrogen-bond donors (Lipinski definition) is 2. The van der Waals surface area contributed by atoms with E-state index in [1.807, 2.05) is 0 Å². The molecule has 1 atom stereocenters. The van der Waals surface area contributed by atoms with Crippen LogP contribution in [0.4, 0.5) is 0 Å². The number of hydrazine groups is 1. The van der Waals surface area contributed by atoms with Crippen molar-refractivity contribution in [1.82, 2.24) is 10.3 Å². The minimum absolute atomic E-state index is 0.0294. The van der Waals surface area contributed by atoms with Crippen LogP contribution in [-0.2, 0) is 12.8 Å². The fraction of sp³-hybridized carbons (Fsp3) is 0.647. The average molecular weight is 277 g/mol. The van der Waals surface area contributed by atoms with Gasteiger partial charge in [-0.05, 0) is 50.9 Å². The number of rotatable bonds is 8. The molecule has 0 fully saturated rings. The van der Waals surface area contributed by atoms with Gasteiger partial charge in [0.1, 0.15) is 0 Å². The maximum Gasteiger partial charge on any atom is 0.0429 e. The van der Waals surface area contributed by atoms with Crippen molar-refractivity contribution >= 4 is 0 Å². The standard InChI is InChI=1S/C17H31N3/c1-6-14-9-11-15(12-10-14)13-16(19-18)17(4,5)20(7-2)8-3/h9-12,16,19H,6-8,13,18H2,1-5H3. The Morgan fingerprint density at radius 1 is 1.05 bits per heavy atom. The quantitative estimate of drug-likeness (QED) is 0.567. The van der Waals surface area contributed by atoms with Crippen LogP contribution >= 0.6 is 0 Å². The Hall–Kier alpha value is -0.900. The topological polar surface area (TPSA) is 41.3 Å². The predicted octanol–water partition coefficient (Wildman–Crippen LogP) is 2.74. The van der Waals surface area contributed by atoms with Gasteiger partial charge in [-0.15, -0.1) is 0 Å². The number of hydrogen-bond acceptors (Lipinski definition) is 3. The molecule has 3 heteroatoms. The van der Waals surface area contributed by atoms with Gasteiger partial charge in [0.2, 0.25) is 0 Å². The van der Waals surface area contributed by atoms with Crippen LogP contribution in [-0.4, -0.2) is 29.6 Å². The van der Waals surface area contributed by atoms with Crippen molar-refractivity contribution in [1.29, 1.82) is 0 Å². The van der Waals surface area contributed by atoms with E-state index in [1.54, 1.807) is 0 Å². The third kappa shape index (κ3) is 4.05. The van der Waals surface area contributed by atoms with Crippen LogP contribution in [0.1, 0.15) is 45.7 Å². The molecule has 0 heterocycles. The minimum atomic E-state index is 0.0294. The normalized spacial score (nSPS) is 13.8. The number of nitrogens with two attached hydrogens (primary N) is 1. The Morgan fingerprint density at radius 3 is 1.95 bits per heavy atom. The van der Waals surface area contributed by atoms with E-state index in [0.29, 0.717) is 0 Å². The Kier molecular flexibility index (Phi) is 6.66. The highest BCUT2D eigenvalue weighted by atomic mass is 15.3. The molecule has 3 N–H and O–H groups in total. The lowest BCUT2D eigenvalue weighted by atomic mass is 9.87. The summed E-state index contributed by atoms with van der Waals surface area (Å²) < 4.78 is 0. The highest BCUT2D eigenvalue weighted by Gasteiger charge is 2.33. The van der Waals surface area contributed by atoms with Gasteiger partial charge in [-0.2, -0.15) is 0 Å². The van der Waals surface area contributed by atoms with E-state index < -0.39 is 0 Å². The molecule has 1 aromatic carbocycles. The third-order valence-corrected chi connectivity index (χ3v) is 4.50. The Balaban J connectivity index is 2.84. The average Bonchev–Trinajstić information content (AvgIpc) is 2.46. The summed E-state index contributed by atoms with van der Waals surface area (Å²) in [6.45, 7) is 13.2. The van der Waals surface area contributed by atoms with E-state index in [4.69, 9.17) is 5.84 Å². The third-order valence-electron chi connectivity index (χ3n) is 4.50. The molecule has 114 valence electrons. The lowest BCUT2D eigenvalue weighted by molar-refractivity contribution is 0.0912. The first-order valence-corrected chi connectivity index (χ1v) is 7.78. The van der Waals surface area contributed by atoms with Gasteiger partial charge in [0.15, 0.2) is 0 Å². The Bertz CT molecular complexity index is 380. The van der Waals surface area contributed by atoms with Gasteiger partial charge >= 0.3 is 0 Å². The summed E-state index contributed by atoms with van der Waals surface area (Å²) in [5, 5.41) is 0. The van der Waals surface area contributed by atoms with Crippen LogP contribution in [0, 0.1) is 0 Å². The maximum atomic E-state index is 5.83. The second kappa shape index (κ2) is 7.77. The van der Waals surface area contributed by atoms with Crippen LogP contribution < -0.4 is 11.3 Å². The van der Waals surface area contributed by atoms with E-state index in [1.165, 1.54) is 11.1 Å². The second-order valence-electron chi connectivity index (χ2n) is 5.92. The van der Waals surface area contributed by atoms with Crippen LogP contribution in [0.25, 0.3) is 0 Å². The van der Waals surface area contributed by atoms with Gasteiger partial charge in [0, 0.05) is 11.6 Å². The summed E-state index contributed by atoms with van der Waals surface area (Å²) in [6, 6.07) is 9.11. The molecule has 0 saturated heterocycles. The van der Waals surface area contributed by atoms with E-state index in [9.17, 15) is 0 Å². The molecule has 1 rings (SSSR count). The molecule has 1 unspecified atom stereocenters. The molecule has 3 nitrogen and oxygen atoms in total. The molecule has 0 spiro atoms. The zero-order valence-electron chi connectivity index (χ0n) is 13.7. The van der Waals surface area contributed by atoms with Gasteiger partial charge in [-0.25, -0.2) is 0 Å². The van der Waals surface area contributed by atoms with Gasteiger partial charge in [-0.1, -0.05) is 45.0 Å². The van der Waals surface area contributed by atoms with Gasteiger partial charge in [0.25, 0.3) is 0 Å². The molecule has 0 radical (unpaired) electrons. The first-order chi connectivity index (χ1) is 9.49. The van der Waals surface area contributed by atoms with Gasteiger partial charge in [-0.3, -0.25) is 16.2 Å². The smallest absolute Gasteiger partial charge is 0.0429 e. The first-order valence-electron chi connectivity index (χ1n) is 7.78. The zero-order valence-corrected chi connectivity index (χ0v) is 13.7. The number of nitrogens with zero attached hydrogens (tertiary/aromatic N) is 1. The van der Waals surface area contributed by atoms with Crippen molar-refractivity contribution in [2.24, 2.45) is 5.84 Å². The molecule has 0 aromatic heterocycles. The summed E-state index contributed by atoms with van der Waals surface area (Å²) in [5.41, 5.74) is 5.78. The Morgan fingerprint density at radius 2 is 1.55 bits per heavy atom. The lowest BCUT2D eigenvalue weighted by Crippen LogP contribution is -2.60. The second-order valence-corrected chi connectivity index (χ2v) is 5.92. The van der Waals surface area contributed by atoms with E-state index in [2.05, 4.69) is 69.2 Å². The molecule has 0 aliphatic carbocycles. The summed E-state index contributed by atoms with van der Waals surface area (Å²) in [4.78, 5) is 2.46. The number of likely N-dealkylation sites (N-methyl/N-ethyl adjacent to an activating group) is 1. The van der Waals surface area contributed by atoms with Crippen molar-refractivity contribution in [3.63, 3.8) is 0 Å². The SMILES string of the molecule is CCc1ccc(CC(NN)C(C)(C)N(CC)CC)cc1. The molecular formula is C17H31N3. The van der Waals surface area contributed by atoms with Crippen molar-refractivity contribution < 1.29 is 0 Å². The summed E-state index contributed by atoms with van der Waals surface area (Å²) in [6.07, 6.45) is 2.04. The number of nitrogens with one attached hydrogen (secondary N) is 1. The fourth-order valence-corrected chi connectivity index (χ4v) is 2.92. The largest absolute Gasteiger partial charge is 0.297 e. The first kappa shape index (κ1) is 17.2. The van der Waals surface area contributed by atoms with Crippen LogP contribution in [0.15, 0.2) is 24.3 Å². The minimum Gasteiger partial charge on any atom is -0.297 e. The van der Waals surface area contributed by atoms with Crippen molar-refractivity contribution in [3.8, 4) is 0 Å². The van der Waals surface area contributed by atoms with Crippen LogP contribution in [0.5, 0.6) is 0 Å². The lowest BCUT2D eigenvalue weighted by Gasteiger charge is -2.43. The molecule has 0 amide bonds. The van der Waals surface area contributed by atoms with Gasteiger partial charge < -0.3 is 0 Å². The number of benzene rings is 1. The number of aryl methyl sites for hydroxylation is 1. The van der Waals surface area contributed by atoms with Gasteiger partial charge in [0.05, 0.1) is 0 Å². The molecular weight excluding hydrogens is 246 g/mol. The van der Waals surface area contributed by atoms with E-state index in [-0.39, 0.29) is 11.6 Å². The van der Waals surface area contributed by atoms with Crippen molar-refractivity contribution in [2.45, 2.75) is 59.0 Å². The van der Waals surface area contributed by atoms with Crippen molar-refractivity contribution in [3.05, 3.63) is 35.4 Å². The Labute approximate surface area is 124 Å². The molecule has 20 heavy (non-hydrogen) atoms. The highest BCUT2D eigenvalue weighted by molar-refractivity contribution is 5.23. The predicted molar refractivity (Wildman–Crippen MR) is 87.6 cm³/mol. The zero-order chi connectivity index (χ0) is 15.2. The summed E-state index contributed by atoms with van der Waals surface area (Å²) >= 11 is 0. The fourth-order valence-electron chi connectivity index (χ4n) is 2.92. The molecule has 0 saturated carbocycles. The highest BCUT2D eigenvalue weighted by Crippen LogP contribution is 2.21. The van der Waals surface area contributed by atoms with Crippen LogP contribution in [0.3, 0.4) is 0 Å².